The fourth-order valence-electron chi connectivity index (χ4n) is 1.26. The highest BCUT2D eigenvalue weighted by atomic mass is 16.7. The van der Waals surface area contributed by atoms with Gasteiger partial charge in [-0.2, -0.15) is 0 Å². The van der Waals surface area contributed by atoms with Crippen molar-refractivity contribution in [2.45, 2.75) is 12.8 Å². The maximum absolute atomic E-state index is 10.6. The van der Waals surface area contributed by atoms with Gasteiger partial charge in [0.05, 0.1) is 7.11 Å². The predicted octanol–water partition coefficient (Wildman–Crippen LogP) is 2.96. The minimum atomic E-state index is -0.646. The third kappa shape index (κ3) is 5.20. The molecule has 0 unspecified atom stereocenters. The molecule has 1 rings (SSSR count). The van der Waals surface area contributed by atoms with Crippen LogP contribution in [0.25, 0.3) is 0 Å². The number of aryl methyl sites for hydroxylation is 1. The molecule has 0 radical (unpaired) electrons. The summed E-state index contributed by atoms with van der Waals surface area (Å²) in [6.45, 7) is 0.265. The van der Waals surface area contributed by atoms with Gasteiger partial charge in [-0.3, -0.25) is 0 Å². The lowest BCUT2D eigenvalue weighted by Gasteiger charge is -1.98. The van der Waals surface area contributed by atoms with Crippen LogP contribution in [0.4, 0.5) is 4.79 Å². The zero-order chi connectivity index (χ0) is 11.6. The van der Waals surface area contributed by atoms with Gasteiger partial charge in [-0.25, -0.2) is 4.79 Å². The molecule has 0 bridgehead atoms. The van der Waals surface area contributed by atoms with Crippen molar-refractivity contribution in [3.63, 3.8) is 0 Å². The lowest BCUT2D eigenvalue weighted by Crippen LogP contribution is -2.03. The molecule has 0 aliphatic rings. The Labute approximate surface area is 95.7 Å². The van der Waals surface area contributed by atoms with Gasteiger partial charge in [0.25, 0.3) is 0 Å². The van der Waals surface area contributed by atoms with Gasteiger partial charge in [0.2, 0.25) is 0 Å². The van der Waals surface area contributed by atoms with Gasteiger partial charge in [0, 0.05) is 0 Å². The maximum atomic E-state index is 10.6. The first-order chi connectivity index (χ1) is 7.83. The molecule has 0 heterocycles. The molecule has 3 nitrogen and oxygen atoms in total. The van der Waals surface area contributed by atoms with Crippen molar-refractivity contribution in [2.24, 2.45) is 0 Å². The summed E-state index contributed by atoms with van der Waals surface area (Å²) < 4.78 is 9.03. The number of carbonyl (C=O) groups excluding carboxylic acids is 1. The van der Waals surface area contributed by atoms with E-state index in [4.69, 9.17) is 4.74 Å². The van der Waals surface area contributed by atoms with E-state index in [1.165, 1.54) is 12.7 Å². The second-order valence-corrected chi connectivity index (χ2v) is 3.26. The van der Waals surface area contributed by atoms with Gasteiger partial charge in [0.15, 0.2) is 0 Å². The van der Waals surface area contributed by atoms with Crippen LogP contribution >= 0.6 is 0 Å². The zero-order valence-electron chi connectivity index (χ0n) is 9.39. The van der Waals surface area contributed by atoms with E-state index in [9.17, 15) is 4.79 Å². The number of hydrogen-bond donors (Lipinski definition) is 0. The first kappa shape index (κ1) is 12.3. The summed E-state index contributed by atoms with van der Waals surface area (Å²) in [4.78, 5) is 10.6. The zero-order valence-corrected chi connectivity index (χ0v) is 9.39. The lowest BCUT2D eigenvalue weighted by atomic mass is 10.1. The number of allylic oxidation sites excluding steroid dienone is 1. The molecule has 3 heteroatoms. The standard InChI is InChI=1S/C13H16O3/c1-15-13(14)16-11-7-3-6-10-12-8-4-2-5-9-12/h2-5,7-9H,6,10-11H2,1H3/b7-3-. The molecule has 1 aromatic carbocycles. The average Bonchev–Trinajstić information content (AvgIpc) is 2.34. The molecule has 0 aliphatic heterocycles. The van der Waals surface area contributed by atoms with Gasteiger partial charge in [0.1, 0.15) is 6.61 Å². The van der Waals surface area contributed by atoms with Gasteiger partial charge >= 0.3 is 6.16 Å². The highest BCUT2D eigenvalue weighted by Gasteiger charge is 1.95. The Morgan fingerprint density at radius 3 is 2.69 bits per heavy atom. The van der Waals surface area contributed by atoms with E-state index >= 15 is 0 Å². The monoisotopic (exact) mass is 220 g/mol. The molecule has 86 valence electrons. The van der Waals surface area contributed by atoms with Crippen LogP contribution in [0, 0.1) is 0 Å². The van der Waals surface area contributed by atoms with Crippen molar-refractivity contribution < 1.29 is 14.3 Å². The summed E-state index contributed by atoms with van der Waals surface area (Å²) >= 11 is 0. The smallest absolute Gasteiger partial charge is 0.438 e. The second-order valence-electron chi connectivity index (χ2n) is 3.26. The first-order valence-electron chi connectivity index (χ1n) is 5.22. The number of benzene rings is 1. The van der Waals surface area contributed by atoms with E-state index in [2.05, 4.69) is 16.9 Å². The summed E-state index contributed by atoms with van der Waals surface area (Å²) in [6, 6.07) is 10.2. The predicted molar refractivity (Wildman–Crippen MR) is 62.3 cm³/mol. The normalized spacial score (nSPS) is 10.3. The molecule has 0 spiro atoms. The fourth-order valence-corrected chi connectivity index (χ4v) is 1.26. The van der Waals surface area contributed by atoms with Crippen LogP contribution in [0.15, 0.2) is 42.5 Å². The van der Waals surface area contributed by atoms with E-state index in [0.29, 0.717) is 0 Å². The van der Waals surface area contributed by atoms with Crippen molar-refractivity contribution in [3.05, 3.63) is 48.0 Å². The SMILES string of the molecule is COC(=O)OC/C=C\CCc1ccccc1. The van der Waals surface area contributed by atoms with Crippen molar-refractivity contribution in [1.82, 2.24) is 0 Å². The number of rotatable bonds is 5. The Kier molecular flexibility index (Phi) is 5.78. The third-order valence-electron chi connectivity index (χ3n) is 2.07. The molecule has 0 amide bonds. The first-order valence-corrected chi connectivity index (χ1v) is 5.22. The molecule has 16 heavy (non-hydrogen) atoms. The molecule has 0 aliphatic carbocycles. The quantitative estimate of drug-likeness (QED) is 0.565. The summed E-state index contributed by atoms with van der Waals surface area (Å²) in [5.74, 6) is 0. The van der Waals surface area contributed by atoms with Crippen LogP contribution in [0.1, 0.15) is 12.0 Å². The van der Waals surface area contributed by atoms with Crippen LogP contribution < -0.4 is 0 Å². The highest BCUT2D eigenvalue weighted by Crippen LogP contribution is 2.02. The molecule has 0 fully saturated rings. The molecule has 0 saturated heterocycles. The van der Waals surface area contributed by atoms with Crippen LogP contribution in [-0.2, 0) is 15.9 Å². The molecule has 0 N–H and O–H groups in total. The Bertz CT molecular complexity index is 330. The number of methoxy groups -OCH3 is 1. The Morgan fingerprint density at radius 2 is 2.00 bits per heavy atom. The summed E-state index contributed by atoms with van der Waals surface area (Å²) in [7, 11) is 1.29. The van der Waals surface area contributed by atoms with Gasteiger partial charge < -0.3 is 9.47 Å². The fraction of sp³-hybridized carbons (Fsp3) is 0.308. The molecule has 1 aromatic rings. The lowest BCUT2D eigenvalue weighted by molar-refractivity contribution is 0.0817. The van der Waals surface area contributed by atoms with E-state index in [-0.39, 0.29) is 6.61 Å². The van der Waals surface area contributed by atoms with E-state index in [1.807, 2.05) is 30.4 Å². The Balaban J connectivity index is 2.11. The van der Waals surface area contributed by atoms with Crippen LogP contribution in [0.3, 0.4) is 0 Å². The van der Waals surface area contributed by atoms with Crippen LogP contribution in [-0.4, -0.2) is 19.9 Å². The maximum Gasteiger partial charge on any atom is 0.508 e. The Morgan fingerprint density at radius 1 is 1.25 bits per heavy atom. The van der Waals surface area contributed by atoms with Gasteiger partial charge in [-0.1, -0.05) is 42.5 Å². The van der Waals surface area contributed by atoms with Gasteiger partial charge in [-0.05, 0) is 18.4 Å². The topological polar surface area (TPSA) is 35.5 Å². The van der Waals surface area contributed by atoms with Crippen molar-refractivity contribution in [3.8, 4) is 0 Å². The summed E-state index contributed by atoms with van der Waals surface area (Å²) in [5, 5.41) is 0. The average molecular weight is 220 g/mol. The number of carbonyl (C=O) groups is 1. The van der Waals surface area contributed by atoms with Crippen molar-refractivity contribution in [2.75, 3.05) is 13.7 Å². The molecule has 0 aromatic heterocycles. The minimum Gasteiger partial charge on any atom is -0.438 e. The minimum absolute atomic E-state index is 0.265. The number of ether oxygens (including phenoxy) is 2. The van der Waals surface area contributed by atoms with E-state index in [1.54, 1.807) is 0 Å². The molecule has 0 atom stereocenters. The van der Waals surface area contributed by atoms with E-state index < -0.39 is 6.16 Å². The summed E-state index contributed by atoms with van der Waals surface area (Å²) in [5.41, 5.74) is 1.31. The second kappa shape index (κ2) is 7.51. The van der Waals surface area contributed by atoms with Crippen molar-refractivity contribution >= 4 is 6.16 Å². The third-order valence-corrected chi connectivity index (χ3v) is 2.07. The van der Waals surface area contributed by atoms with Crippen molar-refractivity contribution in [1.29, 1.82) is 0 Å². The van der Waals surface area contributed by atoms with Crippen LogP contribution in [0.5, 0.6) is 0 Å². The largest absolute Gasteiger partial charge is 0.508 e. The summed E-state index contributed by atoms with van der Waals surface area (Å²) in [6.07, 6.45) is 5.10. The Hall–Kier alpha value is -1.77. The molecule has 0 saturated carbocycles. The number of hydrogen-bond acceptors (Lipinski definition) is 3. The highest BCUT2D eigenvalue weighted by molar-refractivity contribution is 5.59. The molecular weight excluding hydrogens is 204 g/mol. The van der Waals surface area contributed by atoms with Crippen LogP contribution in [0.2, 0.25) is 0 Å². The van der Waals surface area contributed by atoms with Gasteiger partial charge in [-0.15, -0.1) is 0 Å². The van der Waals surface area contributed by atoms with E-state index in [0.717, 1.165) is 12.8 Å². The molecular formula is C13H16O3.